The lowest BCUT2D eigenvalue weighted by Gasteiger charge is -2.34. The first-order valence-electron chi connectivity index (χ1n) is 7.21. The Morgan fingerprint density at radius 3 is 2.65 bits per heavy atom. The van der Waals surface area contributed by atoms with E-state index in [2.05, 4.69) is 15.9 Å². The first-order valence-corrected chi connectivity index (χ1v) is 8.00. The summed E-state index contributed by atoms with van der Waals surface area (Å²) in [7, 11) is 0. The highest BCUT2D eigenvalue weighted by Gasteiger charge is 2.31. The van der Waals surface area contributed by atoms with E-state index in [1.54, 1.807) is 0 Å². The standard InChI is InChI=1S/C16H21BrO3/c1-3-19-13-7-11(8-13)9-15(18)12-5-6-16(20-4-2)14(17)10-12/h5-6,10-11,13H,3-4,7-9H2,1-2H3. The number of halogens is 1. The second kappa shape index (κ2) is 7.23. The Labute approximate surface area is 128 Å². The van der Waals surface area contributed by atoms with Crippen LogP contribution in [0.15, 0.2) is 22.7 Å². The highest BCUT2D eigenvalue weighted by atomic mass is 79.9. The lowest BCUT2D eigenvalue weighted by atomic mass is 9.78. The highest BCUT2D eigenvalue weighted by molar-refractivity contribution is 9.10. The third kappa shape index (κ3) is 3.83. The van der Waals surface area contributed by atoms with Crippen molar-refractivity contribution in [3.05, 3.63) is 28.2 Å². The molecule has 1 aliphatic rings. The van der Waals surface area contributed by atoms with Crippen molar-refractivity contribution in [2.24, 2.45) is 5.92 Å². The van der Waals surface area contributed by atoms with Crippen LogP contribution in [0.25, 0.3) is 0 Å². The molecule has 1 fully saturated rings. The predicted molar refractivity (Wildman–Crippen MR) is 82.4 cm³/mol. The topological polar surface area (TPSA) is 35.5 Å². The third-order valence-electron chi connectivity index (χ3n) is 3.62. The molecular weight excluding hydrogens is 320 g/mol. The van der Waals surface area contributed by atoms with Gasteiger partial charge in [0.25, 0.3) is 0 Å². The number of hydrogen-bond acceptors (Lipinski definition) is 3. The Morgan fingerprint density at radius 1 is 1.30 bits per heavy atom. The molecule has 4 heteroatoms. The average Bonchev–Trinajstić information content (AvgIpc) is 2.38. The fourth-order valence-corrected chi connectivity index (χ4v) is 3.03. The quantitative estimate of drug-likeness (QED) is 0.696. The van der Waals surface area contributed by atoms with Gasteiger partial charge in [0, 0.05) is 18.6 Å². The van der Waals surface area contributed by atoms with Gasteiger partial charge in [0.15, 0.2) is 5.78 Å². The summed E-state index contributed by atoms with van der Waals surface area (Å²) in [5, 5.41) is 0. The molecule has 1 aromatic rings. The fraction of sp³-hybridized carbons (Fsp3) is 0.562. The van der Waals surface area contributed by atoms with Gasteiger partial charge in [-0.2, -0.15) is 0 Å². The SMILES string of the molecule is CCOc1ccc(C(=O)CC2CC(OCC)C2)cc1Br. The van der Waals surface area contributed by atoms with Gasteiger partial charge >= 0.3 is 0 Å². The van der Waals surface area contributed by atoms with Crippen LogP contribution >= 0.6 is 15.9 Å². The number of ether oxygens (including phenoxy) is 2. The second-order valence-corrected chi connectivity index (χ2v) is 5.97. The largest absolute Gasteiger partial charge is 0.493 e. The van der Waals surface area contributed by atoms with E-state index in [1.165, 1.54) is 0 Å². The summed E-state index contributed by atoms with van der Waals surface area (Å²) >= 11 is 3.45. The molecule has 0 unspecified atom stereocenters. The van der Waals surface area contributed by atoms with E-state index in [1.807, 2.05) is 32.0 Å². The number of Topliss-reactive ketones (excluding diaryl/α,β-unsaturated/α-hetero) is 1. The van der Waals surface area contributed by atoms with Crippen LogP contribution < -0.4 is 4.74 Å². The van der Waals surface area contributed by atoms with Crippen molar-refractivity contribution >= 4 is 21.7 Å². The highest BCUT2D eigenvalue weighted by Crippen LogP contribution is 2.34. The summed E-state index contributed by atoms with van der Waals surface area (Å²) in [5.41, 5.74) is 0.750. The van der Waals surface area contributed by atoms with Crippen molar-refractivity contribution in [3.63, 3.8) is 0 Å². The van der Waals surface area contributed by atoms with Crippen LogP contribution in [-0.2, 0) is 4.74 Å². The molecule has 0 spiro atoms. The smallest absolute Gasteiger partial charge is 0.163 e. The fourth-order valence-electron chi connectivity index (χ4n) is 2.54. The molecule has 0 saturated heterocycles. The summed E-state index contributed by atoms with van der Waals surface area (Å²) in [6.07, 6.45) is 3.00. The van der Waals surface area contributed by atoms with Gasteiger partial charge in [-0.3, -0.25) is 4.79 Å². The summed E-state index contributed by atoms with van der Waals surface area (Å²) in [5.74, 6) is 1.46. The predicted octanol–water partition coefficient (Wildman–Crippen LogP) is 4.24. The molecule has 0 radical (unpaired) electrons. The van der Waals surface area contributed by atoms with Gasteiger partial charge in [0.1, 0.15) is 5.75 Å². The van der Waals surface area contributed by atoms with E-state index in [0.29, 0.717) is 25.0 Å². The molecule has 2 rings (SSSR count). The Balaban J connectivity index is 1.88. The van der Waals surface area contributed by atoms with Crippen LogP contribution in [0.4, 0.5) is 0 Å². The monoisotopic (exact) mass is 340 g/mol. The van der Waals surface area contributed by atoms with Crippen LogP contribution in [0, 0.1) is 5.92 Å². The van der Waals surface area contributed by atoms with E-state index in [9.17, 15) is 4.79 Å². The lowest BCUT2D eigenvalue weighted by Crippen LogP contribution is -2.32. The van der Waals surface area contributed by atoms with Gasteiger partial charge in [-0.25, -0.2) is 0 Å². The molecule has 20 heavy (non-hydrogen) atoms. The number of hydrogen-bond donors (Lipinski definition) is 0. The zero-order chi connectivity index (χ0) is 14.5. The lowest BCUT2D eigenvalue weighted by molar-refractivity contribution is -0.0246. The number of benzene rings is 1. The van der Waals surface area contributed by atoms with Gasteiger partial charge in [-0.05, 0) is 66.7 Å². The maximum absolute atomic E-state index is 12.2. The van der Waals surface area contributed by atoms with Gasteiger partial charge in [0.05, 0.1) is 17.2 Å². The van der Waals surface area contributed by atoms with Gasteiger partial charge in [-0.15, -0.1) is 0 Å². The first kappa shape index (κ1) is 15.5. The van der Waals surface area contributed by atoms with Gasteiger partial charge in [-0.1, -0.05) is 0 Å². The normalized spacial score (nSPS) is 21.4. The van der Waals surface area contributed by atoms with E-state index < -0.39 is 0 Å². The van der Waals surface area contributed by atoms with Gasteiger partial charge < -0.3 is 9.47 Å². The van der Waals surface area contributed by atoms with Crippen LogP contribution in [0.3, 0.4) is 0 Å². The second-order valence-electron chi connectivity index (χ2n) is 5.12. The van der Waals surface area contributed by atoms with Crippen molar-refractivity contribution in [1.82, 2.24) is 0 Å². The zero-order valence-corrected chi connectivity index (χ0v) is 13.6. The Hall–Kier alpha value is -0.870. The van der Waals surface area contributed by atoms with Crippen molar-refractivity contribution in [2.45, 2.75) is 39.2 Å². The number of ketones is 1. The molecule has 0 N–H and O–H groups in total. The number of rotatable bonds is 7. The van der Waals surface area contributed by atoms with Crippen LogP contribution in [0.1, 0.15) is 43.5 Å². The molecule has 0 aliphatic heterocycles. The Kier molecular flexibility index (Phi) is 5.61. The van der Waals surface area contributed by atoms with E-state index in [4.69, 9.17) is 9.47 Å². The van der Waals surface area contributed by atoms with E-state index in [-0.39, 0.29) is 5.78 Å². The number of carbonyl (C=O) groups is 1. The molecule has 1 aliphatic carbocycles. The summed E-state index contributed by atoms with van der Waals surface area (Å²) in [6.45, 7) is 5.33. The minimum absolute atomic E-state index is 0.202. The minimum Gasteiger partial charge on any atom is -0.493 e. The maximum Gasteiger partial charge on any atom is 0.163 e. The summed E-state index contributed by atoms with van der Waals surface area (Å²) in [4.78, 5) is 12.2. The molecule has 110 valence electrons. The molecule has 1 aromatic carbocycles. The van der Waals surface area contributed by atoms with Crippen molar-refractivity contribution in [2.75, 3.05) is 13.2 Å². The third-order valence-corrected chi connectivity index (χ3v) is 4.24. The molecule has 0 atom stereocenters. The van der Waals surface area contributed by atoms with Crippen LogP contribution in [0.5, 0.6) is 5.75 Å². The van der Waals surface area contributed by atoms with Crippen molar-refractivity contribution < 1.29 is 14.3 Å². The van der Waals surface area contributed by atoms with Crippen LogP contribution in [-0.4, -0.2) is 25.1 Å². The average molecular weight is 341 g/mol. The van der Waals surface area contributed by atoms with Crippen LogP contribution in [0.2, 0.25) is 0 Å². The summed E-state index contributed by atoms with van der Waals surface area (Å²) < 4.78 is 11.8. The summed E-state index contributed by atoms with van der Waals surface area (Å²) in [6, 6.07) is 5.55. The maximum atomic E-state index is 12.2. The van der Waals surface area contributed by atoms with Crippen molar-refractivity contribution in [1.29, 1.82) is 0 Å². The zero-order valence-electron chi connectivity index (χ0n) is 12.0. The molecule has 0 heterocycles. The van der Waals surface area contributed by atoms with Crippen molar-refractivity contribution in [3.8, 4) is 5.75 Å². The number of carbonyl (C=O) groups excluding carboxylic acids is 1. The van der Waals surface area contributed by atoms with E-state index >= 15 is 0 Å². The molecule has 0 aromatic heterocycles. The molecule has 0 bridgehead atoms. The molecule has 1 saturated carbocycles. The molecular formula is C16H21BrO3. The van der Waals surface area contributed by atoms with E-state index in [0.717, 1.165) is 35.2 Å². The Morgan fingerprint density at radius 2 is 2.05 bits per heavy atom. The molecule has 0 amide bonds. The molecule has 3 nitrogen and oxygen atoms in total. The van der Waals surface area contributed by atoms with Gasteiger partial charge in [0.2, 0.25) is 0 Å². The minimum atomic E-state index is 0.202. The first-order chi connectivity index (χ1) is 9.63. The Bertz CT molecular complexity index is 467.